The van der Waals surface area contributed by atoms with Crippen molar-refractivity contribution >= 4 is 0 Å². The molecule has 0 fully saturated rings. The Kier molecular flexibility index (Phi) is 1.89. The van der Waals surface area contributed by atoms with E-state index in [0.717, 1.165) is 0 Å². The van der Waals surface area contributed by atoms with Crippen LogP contribution in [-0.4, -0.2) is 9.55 Å². The molecule has 2 nitrogen and oxygen atoms in total. The Balaban J connectivity index is 2.53. The van der Waals surface area contributed by atoms with Crippen molar-refractivity contribution in [1.29, 1.82) is 0 Å². The number of nitrogens with zero attached hydrogens (tertiary/aromatic N) is 2. The molecule has 2 aromatic rings. The first-order valence-electron chi connectivity index (χ1n) is 4.30. The summed E-state index contributed by atoms with van der Waals surface area (Å²) in [4.78, 5) is 4.10. The summed E-state index contributed by atoms with van der Waals surface area (Å²) in [5.41, 5.74) is 3.73. The van der Waals surface area contributed by atoms with E-state index in [1.165, 1.54) is 16.7 Å². The normalized spacial score (nSPS) is 10.3. The molecule has 0 saturated heterocycles. The third-order valence-corrected chi connectivity index (χ3v) is 2.13. The zero-order chi connectivity index (χ0) is 9.26. The maximum absolute atomic E-state index is 4.10. The van der Waals surface area contributed by atoms with Crippen molar-refractivity contribution in [3.8, 4) is 11.1 Å². The first kappa shape index (κ1) is 8.05. The van der Waals surface area contributed by atoms with Crippen LogP contribution in [0.4, 0.5) is 0 Å². The molecule has 13 heavy (non-hydrogen) atoms. The molecule has 2 heteroatoms. The van der Waals surface area contributed by atoms with Gasteiger partial charge in [0, 0.05) is 43.0 Å². The summed E-state index contributed by atoms with van der Waals surface area (Å²) in [7, 11) is 2.03. The second-order valence-electron chi connectivity index (χ2n) is 3.26. The largest absolute Gasteiger partial charge is 0.356 e. The van der Waals surface area contributed by atoms with Gasteiger partial charge in [-0.05, 0) is 18.6 Å². The van der Waals surface area contributed by atoms with Crippen LogP contribution in [0.5, 0.6) is 0 Å². The fraction of sp³-hybridized carbons (Fsp3) is 0.182. The highest BCUT2D eigenvalue weighted by Gasteiger charge is 2.02. The Morgan fingerprint density at radius 1 is 1.31 bits per heavy atom. The van der Waals surface area contributed by atoms with E-state index in [2.05, 4.69) is 34.9 Å². The fourth-order valence-corrected chi connectivity index (χ4v) is 1.54. The van der Waals surface area contributed by atoms with Gasteiger partial charge in [0.15, 0.2) is 0 Å². The van der Waals surface area contributed by atoms with Crippen LogP contribution in [0.25, 0.3) is 11.1 Å². The first-order valence-corrected chi connectivity index (χ1v) is 4.30. The predicted octanol–water partition coefficient (Wildman–Crippen LogP) is 2.40. The minimum atomic E-state index is 1.18. The molecule has 66 valence electrons. The smallest absolute Gasteiger partial charge is 0.0346 e. The fourth-order valence-electron chi connectivity index (χ4n) is 1.54. The van der Waals surface area contributed by atoms with E-state index in [1.54, 1.807) is 6.20 Å². The average molecular weight is 172 g/mol. The Morgan fingerprint density at radius 2 is 2.15 bits per heavy atom. The van der Waals surface area contributed by atoms with Crippen LogP contribution in [0.2, 0.25) is 0 Å². The van der Waals surface area contributed by atoms with E-state index in [0.29, 0.717) is 0 Å². The minimum absolute atomic E-state index is 1.18. The van der Waals surface area contributed by atoms with E-state index in [-0.39, 0.29) is 0 Å². The molecule has 2 rings (SSSR count). The van der Waals surface area contributed by atoms with E-state index >= 15 is 0 Å². The lowest BCUT2D eigenvalue weighted by molar-refractivity contribution is 0.925. The van der Waals surface area contributed by atoms with Crippen LogP contribution in [0.1, 0.15) is 5.56 Å². The van der Waals surface area contributed by atoms with Crippen molar-refractivity contribution in [2.24, 2.45) is 7.05 Å². The van der Waals surface area contributed by atoms with Crippen LogP contribution in [0.3, 0.4) is 0 Å². The number of aromatic nitrogens is 2. The van der Waals surface area contributed by atoms with Crippen LogP contribution in [0, 0.1) is 6.92 Å². The standard InChI is InChI=1S/C11H12N2/c1-9-7-13(2)8-11(9)10-4-3-5-12-6-10/h3-8H,1-2H3. The summed E-state index contributed by atoms with van der Waals surface area (Å²) >= 11 is 0. The van der Waals surface area contributed by atoms with Crippen molar-refractivity contribution in [2.45, 2.75) is 6.92 Å². The Labute approximate surface area is 77.9 Å². The number of hydrogen-bond acceptors (Lipinski definition) is 1. The van der Waals surface area contributed by atoms with Crippen LogP contribution in [0.15, 0.2) is 36.9 Å². The highest BCUT2D eigenvalue weighted by molar-refractivity contribution is 5.65. The van der Waals surface area contributed by atoms with Crippen molar-refractivity contribution in [2.75, 3.05) is 0 Å². The lowest BCUT2D eigenvalue weighted by atomic mass is 10.1. The average Bonchev–Trinajstić information content (AvgIpc) is 2.47. The summed E-state index contributed by atoms with van der Waals surface area (Å²) in [6.45, 7) is 2.11. The van der Waals surface area contributed by atoms with Gasteiger partial charge in [-0.15, -0.1) is 0 Å². The van der Waals surface area contributed by atoms with Gasteiger partial charge < -0.3 is 4.57 Å². The van der Waals surface area contributed by atoms with Crippen molar-refractivity contribution < 1.29 is 0 Å². The van der Waals surface area contributed by atoms with Gasteiger partial charge in [0.2, 0.25) is 0 Å². The summed E-state index contributed by atoms with van der Waals surface area (Å²) in [5, 5.41) is 0. The number of hydrogen-bond donors (Lipinski definition) is 0. The first-order chi connectivity index (χ1) is 6.27. The van der Waals surface area contributed by atoms with Crippen LogP contribution in [-0.2, 0) is 7.05 Å². The molecule has 0 saturated carbocycles. The van der Waals surface area contributed by atoms with Gasteiger partial charge in [-0.2, -0.15) is 0 Å². The van der Waals surface area contributed by atoms with Crippen molar-refractivity contribution in [1.82, 2.24) is 9.55 Å². The highest BCUT2D eigenvalue weighted by atomic mass is 14.9. The third kappa shape index (κ3) is 1.47. The molecule has 0 aliphatic heterocycles. The Morgan fingerprint density at radius 3 is 2.69 bits per heavy atom. The van der Waals surface area contributed by atoms with E-state index in [1.807, 2.05) is 19.3 Å². The van der Waals surface area contributed by atoms with Crippen LogP contribution < -0.4 is 0 Å². The molecule has 0 amide bonds. The Bertz CT molecular complexity index is 401. The molecule has 0 aromatic carbocycles. The van der Waals surface area contributed by atoms with Crippen molar-refractivity contribution in [3.05, 3.63) is 42.5 Å². The molecule has 2 heterocycles. The molecule has 0 unspecified atom stereocenters. The molecule has 2 aromatic heterocycles. The lowest BCUT2D eigenvalue weighted by Gasteiger charge is -1.97. The predicted molar refractivity (Wildman–Crippen MR) is 53.4 cm³/mol. The van der Waals surface area contributed by atoms with Crippen molar-refractivity contribution in [3.63, 3.8) is 0 Å². The van der Waals surface area contributed by atoms with Crippen LogP contribution >= 0.6 is 0 Å². The molecule has 0 bridgehead atoms. The van der Waals surface area contributed by atoms with Gasteiger partial charge in [0.05, 0.1) is 0 Å². The summed E-state index contributed by atoms with van der Waals surface area (Å²) in [6, 6.07) is 4.04. The van der Waals surface area contributed by atoms with Gasteiger partial charge in [0.25, 0.3) is 0 Å². The van der Waals surface area contributed by atoms with Gasteiger partial charge in [-0.25, -0.2) is 0 Å². The summed E-state index contributed by atoms with van der Waals surface area (Å²) < 4.78 is 2.07. The number of rotatable bonds is 1. The molecular formula is C11H12N2. The zero-order valence-electron chi connectivity index (χ0n) is 7.86. The molecule has 0 aliphatic carbocycles. The third-order valence-electron chi connectivity index (χ3n) is 2.13. The second-order valence-corrected chi connectivity index (χ2v) is 3.26. The quantitative estimate of drug-likeness (QED) is 0.645. The van der Waals surface area contributed by atoms with Gasteiger partial charge in [-0.3, -0.25) is 4.98 Å². The van der Waals surface area contributed by atoms with Gasteiger partial charge in [0.1, 0.15) is 0 Å². The minimum Gasteiger partial charge on any atom is -0.356 e. The summed E-state index contributed by atoms with van der Waals surface area (Å²) in [5.74, 6) is 0. The Hall–Kier alpha value is -1.57. The molecule has 0 aliphatic rings. The molecule has 0 spiro atoms. The van der Waals surface area contributed by atoms with E-state index in [9.17, 15) is 0 Å². The lowest BCUT2D eigenvalue weighted by Crippen LogP contribution is -1.79. The van der Waals surface area contributed by atoms with Gasteiger partial charge in [-0.1, -0.05) is 6.07 Å². The number of aryl methyl sites for hydroxylation is 2. The van der Waals surface area contributed by atoms with E-state index < -0.39 is 0 Å². The summed E-state index contributed by atoms with van der Waals surface area (Å²) in [6.07, 6.45) is 7.92. The molecular weight excluding hydrogens is 160 g/mol. The topological polar surface area (TPSA) is 17.8 Å². The zero-order valence-corrected chi connectivity index (χ0v) is 7.86. The maximum atomic E-state index is 4.10. The maximum Gasteiger partial charge on any atom is 0.0346 e. The molecule has 0 N–H and O–H groups in total. The second kappa shape index (κ2) is 3.05. The van der Waals surface area contributed by atoms with Gasteiger partial charge >= 0.3 is 0 Å². The molecule has 0 atom stereocenters. The monoisotopic (exact) mass is 172 g/mol. The van der Waals surface area contributed by atoms with E-state index in [4.69, 9.17) is 0 Å². The number of pyridine rings is 1. The SMILES string of the molecule is Cc1cn(C)cc1-c1cccnc1. The highest BCUT2D eigenvalue weighted by Crippen LogP contribution is 2.22. The molecule has 0 radical (unpaired) electrons.